The number of nitrogens with zero attached hydrogens (tertiary/aromatic N) is 1. The van der Waals surface area contributed by atoms with Gasteiger partial charge in [-0.05, 0) is 43.5 Å². The van der Waals surface area contributed by atoms with E-state index in [1.165, 1.54) is 34.3 Å². The summed E-state index contributed by atoms with van der Waals surface area (Å²) in [5, 5.41) is 2.79. The lowest BCUT2D eigenvalue weighted by molar-refractivity contribution is -0.115. The van der Waals surface area contributed by atoms with Crippen LogP contribution in [0.4, 0.5) is 5.69 Å². The van der Waals surface area contributed by atoms with Crippen LogP contribution < -0.4 is 5.32 Å². The lowest BCUT2D eigenvalue weighted by Crippen LogP contribution is -2.35. The topological polar surface area (TPSA) is 66.5 Å². The minimum atomic E-state index is -3.59. The lowest BCUT2D eigenvalue weighted by Gasteiger charge is -2.26. The molecule has 29 heavy (non-hydrogen) atoms. The van der Waals surface area contributed by atoms with Crippen molar-refractivity contribution in [1.29, 1.82) is 0 Å². The number of sulfonamides is 1. The number of thioether (sulfide) groups is 1. The summed E-state index contributed by atoms with van der Waals surface area (Å²) in [5.74, 6) is 0.507. The maximum Gasteiger partial charge on any atom is 0.243 e. The Hall–Kier alpha value is -1.54. The number of carbonyl (C=O) groups is 1. The van der Waals surface area contributed by atoms with Crippen LogP contribution in [0.25, 0.3) is 0 Å². The highest BCUT2D eigenvalue weighted by Gasteiger charge is 2.27. The van der Waals surface area contributed by atoms with Gasteiger partial charge >= 0.3 is 0 Å². The fourth-order valence-electron chi connectivity index (χ4n) is 3.12. The molecule has 3 rings (SSSR count). The minimum Gasteiger partial charge on any atom is -0.324 e. The van der Waals surface area contributed by atoms with E-state index in [9.17, 15) is 13.2 Å². The summed E-state index contributed by atoms with van der Waals surface area (Å²) in [6.07, 6.45) is 2.78. The van der Waals surface area contributed by atoms with E-state index in [1.807, 2.05) is 37.3 Å². The second-order valence-electron chi connectivity index (χ2n) is 7.03. The number of hydrogen-bond acceptors (Lipinski definition) is 4. The maximum atomic E-state index is 12.9. The molecule has 156 valence electrons. The molecule has 2 aromatic rings. The first-order valence-corrected chi connectivity index (χ1v) is 12.5. The van der Waals surface area contributed by atoms with E-state index in [4.69, 9.17) is 11.6 Å². The molecule has 1 fully saturated rings. The predicted molar refractivity (Wildman–Crippen MR) is 120 cm³/mol. The average Bonchev–Trinajstić information content (AvgIpc) is 2.74. The zero-order chi connectivity index (χ0) is 20.9. The molecule has 1 saturated heterocycles. The summed E-state index contributed by atoms with van der Waals surface area (Å²) in [4.78, 5) is 12.8. The van der Waals surface area contributed by atoms with E-state index in [-0.39, 0.29) is 16.1 Å². The van der Waals surface area contributed by atoms with Gasteiger partial charge in [0.1, 0.15) is 0 Å². The van der Waals surface area contributed by atoms with Crippen molar-refractivity contribution in [2.75, 3.05) is 18.4 Å². The first-order valence-electron chi connectivity index (χ1n) is 9.64. The Morgan fingerprint density at radius 2 is 1.83 bits per heavy atom. The molecular weight excluding hydrogens is 428 g/mol. The lowest BCUT2D eigenvalue weighted by atomic mass is 10.2. The zero-order valence-corrected chi connectivity index (χ0v) is 18.7. The fraction of sp³-hybridized carbons (Fsp3) is 0.381. The van der Waals surface area contributed by atoms with Gasteiger partial charge in [-0.25, -0.2) is 8.42 Å². The first-order chi connectivity index (χ1) is 13.9. The Morgan fingerprint density at radius 1 is 1.14 bits per heavy atom. The van der Waals surface area contributed by atoms with E-state index in [2.05, 4.69) is 5.32 Å². The first kappa shape index (κ1) is 22.2. The third-order valence-corrected chi connectivity index (χ3v) is 8.30. The van der Waals surface area contributed by atoms with Crippen molar-refractivity contribution in [3.63, 3.8) is 0 Å². The van der Waals surface area contributed by atoms with Gasteiger partial charge < -0.3 is 5.32 Å². The molecule has 1 atom stereocenters. The van der Waals surface area contributed by atoms with Gasteiger partial charge in [0.15, 0.2) is 0 Å². The molecule has 1 aliphatic rings. The van der Waals surface area contributed by atoms with Crippen LogP contribution in [0.1, 0.15) is 31.7 Å². The van der Waals surface area contributed by atoms with Crippen molar-refractivity contribution in [3.8, 4) is 0 Å². The van der Waals surface area contributed by atoms with Crippen LogP contribution in [0.3, 0.4) is 0 Å². The van der Waals surface area contributed by atoms with Crippen LogP contribution in [0.2, 0.25) is 5.02 Å². The highest BCUT2D eigenvalue weighted by Crippen LogP contribution is 2.29. The Labute approximate surface area is 181 Å². The average molecular weight is 453 g/mol. The second kappa shape index (κ2) is 9.98. The molecule has 0 saturated carbocycles. The largest absolute Gasteiger partial charge is 0.324 e. The summed E-state index contributed by atoms with van der Waals surface area (Å²) in [7, 11) is -3.59. The SMILES string of the molecule is C[C@H](SCc1ccccc1)C(=O)Nc1cc(S(=O)(=O)N2CCCCC2)ccc1Cl. The molecule has 2 aromatic carbocycles. The predicted octanol–water partition coefficient (Wildman–Crippen LogP) is 4.78. The number of hydrogen-bond donors (Lipinski definition) is 1. The van der Waals surface area contributed by atoms with Crippen molar-refractivity contribution in [1.82, 2.24) is 4.31 Å². The van der Waals surface area contributed by atoms with Crippen molar-refractivity contribution in [2.45, 2.75) is 42.1 Å². The van der Waals surface area contributed by atoms with Gasteiger partial charge in [-0.2, -0.15) is 4.31 Å². The molecular formula is C21H25ClN2O3S2. The highest BCUT2D eigenvalue weighted by atomic mass is 35.5. The van der Waals surface area contributed by atoms with E-state index in [0.29, 0.717) is 29.6 Å². The molecule has 0 radical (unpaired) electrons. The summed E-state index contributed by atoms with van der Waals surface area (Å²) in [6.45, 7) is 2.88. The van der Waals surface area contributed by atoms with E-state index in [0.717, 1.165) is 24.8 Å². The minimum absolute atomic E-state index is 0.156. The third kappa shape index (κ3) is 5.75. The number of piperidine rings is 1. The summed E-state index contributed by atoms with van der Waals surface area (Å²) in [6, 6.07) is 14.4. The Morgan fingerprint density at radius 3 is 2.52 bits per heavy atom. The van der Waals surface area contributed by atoms with E-state index < -0.39 is 10.0 Å². The van der Waals surface area contributed by atoms with Crippen LogP contribution in [0, 0.1) is 0 Å². The van der Waals surface area contributed by atoms with Gasteiger partial charge in [-0.1, -0.05) is 48.4 Å². The quantitative estimate of drug-likeness (QED) is 0.656. The standard InChI is InChI=1S/C21H25ClN2O3S2/c1-16(28-15-17-8-4-2-5-9-17)21(25)23-20-14-18(10-11-19(20)22)29(26,27)24-12-6-3-7-13-24/h2,4-5,8-11,14,16H,3,6-7,12-13,15H2,1H3,(H,23,25)/t16-/m0/s1. The molecule has 1 heterocycles. The summed E-state index contributed by atoms with van der Waals surface area (Å²) >= 11 is 7.74. The van der Waals surface area contributed by atoms with Crippen LogP contribution in [0.15, 0.2) is 53.4 Å². The highest BCUT2D eigenvalue weighted by molar-refractivity contribution is 7.99. The number of amides is 1. The second-order valence-corrected chi connectivity index (χ2v) is 10.7. The monoisotopic (exact) mass is 452 g/mol. The number of anilines is 1. The van der Waals surface area contributed by atoms with Crippen molar-refractivity contribution in [3.05, 3.63) is 59.1 Å². The van der Waals surface area contributed by atoms with Gasteiger partial charge in [-0.15, -0.1) is 11.8 Å². The van der Waals surface area contributed by atoms with Gasteiger partial charge in [0.2, 0.25) is 15.9 Å². The van der Waals surface area contributed by atoms with E-state index >= 15 is 0 Å². The van der Waals surface area contributed by atoms with Crippen molar-refractivity contribution in [2.24, 2.45) is 0 Å². The third-order valence-electron chi connectivity index (χ3n) is 4.86. The molecule has 0 aromatic heterocycles. The molecule has 0 spiro atoms. The number of benzene rings is 2. The normalized spacial score (nSPS) is 16.3. The van der Waals surface area contributed by atoms with Gasteiger partial charge in [0.05, 0.1) is 20.9 Å². The zero-order valence-electron chi connectivity index (χ0n) is 16.3. The van der Waals surface area contributed by atoms with Crippen LogP contribution >= 0.6 is 23.4 Å². The van der Waals surface area contributed by atoms with Gasteiger partial charge in [0, 0.05) is 18.8 Å². The van der Waals surface area contributed by atoms with Gasteiger partial charge in [0.25, 0.3) is 0 Å². The fourth-order valence-corrected chi connectivity index (χ4v) is 5.67. The molecule has 8 heteroatoms. The number of nitrogens with one attached hydrogen (secondary N) is 1. The number of halogens is 1. The molecule has 1 N–H and O–H groups in total. The number of rotatable bonds is 7. The van der Waals surface area contributed by atoms with Crippen LogP contribution in [0.5, 0.6) is 0 Å². The molecule has 0 bridgehead atoms. The maximum absolute atomic E-state index is 12.9. The smallest absolute Gasteiger partial charge is 0.243 e. The Balaban J connectivity index is 1.68. The van der Waals surface area contributed by atoms with Crippen molar-refractivity contribution < 1.29 is 13.2 Å². The van der Waals surface area contributed by atoms with Crippen LogP contribution in [-0.4, -0.2) is 37.0 Å². The van der Waals surface area contributed by atoms with Crippen molar-refractivity contribution >= 4 is 45.0 Å². The molecule has 0 aliphatic carbocycles. The molecule has 5 nitrogen and oxygen atoms in total. The molecule has 1 amide bonds. The number of carbonyl (C=O) groups excluding carboxylic acids is 1. The Bertz CT molecular complexity index is 946. The van der Waals surface area contributed by atoms with E-state index in [1.54, 1.807) is 0 Å². The Kier molecular flexibility index (Phi) is 7.62. The molecule has 1 aliphatic heterocycles. The molecule has 0 unspecified atom stereocenters. The summed E-state index contributed by atoms with van der Waals surface area (Å²) in [5.41, 5.74) is 1.46. The summed E-state index contributed by atoms with van der Waals surface area (Å²) < 4.78 is 27.3. The van der Waals surface area contributed by atoms with Crippen LogP contribution in [-0.2, 0) is 20.6 Å². The van der Waals surface area contributed by atoms with Gasteiger partial charge in [-0.3, -0.25) is 4.79 Å².